The van der Waals surface area contributed by atoms with Crippen molar-refractivity contribution in [3.8, 4) is 5.75 Å². The normalized spacial score (nSPS) is 22.6. The molecular formula is C15H20N2O3. The smallest absolute Gasteiger partial charge is 0.414 e. The second-order valence-electron chi connectivity index (χ2n) is 5.25. The molecule has 1 unspecified atom stereocenters. The molecule has 0 N–H and O–H groups in total. The fourth-order valence-electron chi connectivity index (χ4n) is 2.94. The molecule has 1 saturated heterocycles. The van der Waals surface area contributed by atoms with E-state index in [1.807, 2.05) is 23.1 Å². The molecule has 1 aromatic carbocycles. The molecule has 3 rings (SSSR count). The molecular weight excluding hydrogens is 256 g/mol. The van der Waals surface area contributed by atoms with Crippen LogP contribution in [0.25, 0.3) is 0 Å². The first-order valence-electron chi connectivity index (χ1n) is 7.08. The number of carbonyl (C=O) groups is 1. The summed E-state index contributed by atoms with van der Waals surface area (Å²) < 4.78 is 10.5. The Balaban J connectivity index is 2.04. The van der Waals surface area contributed by atoms with Gasteiger partial charge in [0.05, 0.1) is 18.8 Å². The quantitative estimate of drug-likeness (QED) is 0.831. The maximum atomic E-state index is 12.0. The molecule has 108 valence electrons. The molecule has 0 spiro atoms. The first kappa shape index (κ1) is 13.2. The molecule has 2 aliphatic heterocycles. The number of rotatable bonds is 2. The van der Waals surface area contributed by atoms with E-state index < -0.39 is 0 Å². The lowest BCUT2D eigenvalue weighted by Gasteiger charge is -2.31. The summed E-state index contributed by atoms with van der Waals surface area (Å²) in [7, 11) is 1.66. The van der Waals surface area contributed by atoms with Crippen molar-refractivity contribution in [3.05, 3.63) is 23.8 Å². The van der Waals surface area contributed by atoms with E-state index in [4.69, 9.17) is 9.47 Å². The summed E-state index contributed by atoms with van der Waals surface area (Å²) in [6, 6.07) is 6.03. The van der Waals surface area contributed by atoms with Gasteiger partial charge in [-0.15, -0.1) is 0 Å². The van der Waals surface area contributed by atoms with Crippen LogP contribution in [-0.2, 0) is 11.3 Å². The molecule has 0 saturated carbocycles. The molecule has 1 fully saturated rings. The third-order valence-corrected chi connectivity index (χ3v) is 4.13. The standard InChI is InChI=1S/C15H20N2O3/c1-3-16-7-6-12-10-20-15(18)17(12)14-5-4-13(19-2)8-11(14)9-16/h4-5,8,12H,3,6-7,9-10H2,1-2H3. The Bertz CT molecular complexity index is 518. The van der Waals surface area contributed by atoms with Gasteiger partial charge in [0, 0.05) is 13.1 Å². The maximum absolute atomic E-state index is 12.0. The van der Waals surface area contributed by atoms with Gasteiger partial charge in [-0.25, -0.2) is 4.79 Å². The van der Waals surface area contributed by atoms with Crippen molar-refractivity contribution in [1.29, 1.82) is 0 Å². The molecule has 0 aromatic heterocycles. The first-order valence-corrected chi connectivity index (χ1v) is 7.08. The van der Waals surface area contributed by atoms with Gasteiger partial charge in [-0.2, -0.15) is 0 Å². The number of hydrogen-bond acceptors (Lipinski definition) is 4. The number of nitrogens with zero attached hydrogens (tertiary/aromatic N) is 2. The summed E-state index contributed by atoms with van der Waals surface area (Å²) in [6.07, 6.45) is 0.719. The van der Waals surface area contributed by atoms with Crippen molar-refractivity contribution in [2.24, 2.45) is 0 Å². The van der Waals surface area contributed by atoms with Gasteiger partial charge in [0.2, 0.25) is 0 Å². The predicted octanol–water partition coefficient (Wildman–Crippen LogP) is 2.25. The van der Waals surface area contributed by atoms with Gasteiger partial charge in [0.15, 0.2) is 0 Å². The van der Waals surface area contributed by atoms with Gasteiger partial charge in [0.25, 0.3) is 0 Å². The Labute approximate surface area is 119 Å². The highest BCUT2D eigenvalue weighted by Crippen LogP contribution is 2.33. The van der Waals surface area contributed by atoms with Crippen molar-refractivity contribution in [1.82, 2.24) is 4.90 Å². The molecule has 0 aliphatic carbocycles. The monoisotopic (exact) mass is 276 g/mol. The van der Waals surface area contributed by atoms with Crippen LogP contribution in [0.4, 0.5) is 10.5 Å². The van der Waals surface area contributed by atoms with E-state index >= 15 is 0 Å². The van der Waals surface area contributed by atoms with Crippen molar-refractivity contribution >= 4 is 11.8 Å². The number of benzene rings is 1. The zero-order valence-corrected chi connectivity index (χ0v) is 12.0. The van der Waals surface area contributed by atoms with Crippen LogP contribution < -0.4 is 9.64 Å². The molecule has 0 bridgehead atoms. The second-order valence-corrected chi connectivity index (χ2v) is 5.25. The van der Waals surface area contributed by atoms with E-state index in [1.165, 1.54) is 0 Å². The van der Waals surface area contributed by atoms with Gasteiger partial charge >= 0.3 is 6.09 Å². The third-order valence-electron chi connectivity index (χ3n) is 4.13. The number of cyclic esters (lactones) is 1. The number of anilines is 1. The number of methoxy groups -OCH3 is 1. The molecule has 5 nitrogen and oxygen atoms in total. The van der Waals surface area contributed by atoms with Crippen LogP contribution in [-0.4, -0.2) is 43.8 Å². The van der Waals surface area contributed by atoms with E-state index in [9.17, 15) is 4.79 Å². The van der Waals surface area contributed by atoms with Crippen LogP contribution in [0.2, 0.25) is 0 Å². The summed E-state index contributed by atoms with van der Waals surface area (Å²) >= 11 is 0. The molecule has 5 heteroatoms. The average Bonchev–Trinajstić information content (AvgIpc) is 2.81. The molecule has 2 heterocycles. The SMILES string of the molecule is CCN1CCC2COC(=O)N2c2ccc(OC)cc2C1. The highest BCUT2D eigenvalue weighted by Gasteiger charge is 2.36. The van der Waals surface area contributed by atoms with Crippen molar-refractivity contribution in [2.45, 2.75) is 25.9 Å². The number of amides is 1. The minimum Gasteiger partial charge on any atom is -0.497 e. The summed E-state index contributed by atoms with van der Waals surface area (Å²) in [4.78, 5) is 16.2. The zero-order valence-electron chi connectivity index (χ0n) is 12.0. The lowest BCUT2D eigenvalue weighted by molar-refractivity contribution is 0.177. The summed E-state index contributed by atoms with van der Waals surface area (Å²) in [5.74, 6) is 0.824. The molecule has 1 amide bonds. The van der Waals surface area contributed by atoms with Gasteiger partial charge < -0.3 is 9.47 Å². The maximum Gasteiger partial charge on any atom is 0.414 e. The Morgan fingerprint density at radius 1 is 1.45 bits per heavy atom. The van der Waals surface area contributed by atoms with E-state index in [2.05, 4.69) is 11.8 Å². The minimum absolute atomic E-state index is 0.143. The lowest BCUT2D eigenvalue weighted by Crippen LogP contribution is -2.40. The van der Waals surface area contributed by atoms with Crippen molar-refractivity contribution < 1.29 is 14.3 Å². The number of hydrogen-bond donors (Lipinski definition) is 0. The van der Waals surface area contributed by atoms with Crippen molar-refractivity contribution in [2.75, 3.05) is 31.7 Å². The lowest BCUT2D eigenvalue weighted by atomic mass is 10.1. The van der Waals surface area contributed by atoms with Crippen LogP contribution >= 0.6 is 0 Å². The fraction of sp³-hybridized carbons (Fsp3) is 0.533. The van der Waals surface area contributed by atoms with E-state index in [0.717, 1.165) is 43.1 Å². The summed E-state index contributed by atoms with van der Waals surface area (Å²) in [6.45, 7) is 5.46. The first-order chi connectivity index (χ1) is 9.72. The van der Waals surface area contributed by atoms with Crippen LogP contribution in [0.1, 0.15) is 18.9 Å². The van der Waals surface area contributed by atoms with Crippen molar-refractivity contribution in [3.63, 3.8) is 0 Å². The Morgan fingerprint density at radius 2 is 2.30 bits per heavy atom. The predicted molar refractivity (Wildman–Crippen MR) is 76.2 cm³/mol. The summed E-state index contributed by atoms with van der Waals surface area (Å²) in [5, 5.41) is 0. The van der Waals surface area contributed by atoms with E-state index in [-0.39, 0.29) is 12.1 Å². The third kappa shape index (κ3) is 2.22. The number of fused-ring (bicyclic) bond motifs is 3. The molecule has 0 radical (unpaired) electrons. The van der Waals surface area contributed by atoms with Gasteiger partial charge in [-0.1, -0.05) is 6.92 Å². The van der Waals surface area contributed by atoms with Crippen LogP contribution in [0, 0.1) is 0 Å². The van der Waals surface area contributed by atoms with E-state index in [1.54, 1.807) is 7.11 Å². The van der Waals surface area contributed by atoms with Gasteiger partial charge in [-0.3, -0.25) is 9.80 Å². The zero-order chi connectivity index (χ0) is 14.1. The van der Waals surface area contributed by atoms with Crippen LogP contribution in [0.3, 0.4) is 0 Å². The molecule has 1 aromatic rings. The molecule has 2 aliphatic rings. The molecule has 20 heavy (non-hydrogen) atoms. The Morgan fingerprint density at radius 3 is 3.05 bits per heavy atom. The Kier molecular flexibility index (Phi) is 3.53. The topological polar surface area (TPSA) is 42.0 Å². The number of carbonyl (C=O) groups excluding carboxylic acids is 1. The van der Waals surface area contributed by atoms with Gasteiger partial charge in [-0.05, 0) is 36.7 Å². The number of ether oxygens (including phenoxy) is 2. The van der Waals surface area contributed by atoms with E-state index in [0.29, 0.717) is 6.61 Å². The average molecular weight is 276 g/mol. The van der Waals surface area contributed by atoms with Crippen LogP contribution in [0.15, 0.2) is 18.2 Å². The van der Waals surface area contributed by atoms with Gasteiger partial charge in [0.1, 0.15) is 12.4 Å². The Hall–Kier alpha value is -1.75. The largest absolute Gasteiger partial charge is 0.497 e. The molecule has 1 atom stereocenters. The van der Waals surface area contributed by atoms with Crippen LogP contribution in [0.5, 0.6) is 5.75 Å². The fourth-order valence-corrected chi connectivity index (χ4v) is 2.94. The highest BCUT2D eigenvalue weighted by atomic mass is 16.6. The summed E-state index contributed by atoms with van der Waals surface area (Å²) in [5.41, 5.74) is 2.08. The minimum atomic E-state index is -0.230. The highest BCUT2D eigenvalue weighted by molar-refractivity contribution is 5.91. The second kappa shape index (κ2) is 5.32.